The molecule has 50 heavy (non-hydrogen) atoms. The highest BCUT2D eigenvalue weighted by molar-refractivity contribution is 7.26. The van der Waals surface area contributed by atoms with E-state index in [2.05, 4.69) is 127 Å². The molecule has 0 aliphatic heterocycles. The molecular formula is C45H27N3S2. The van der Waals surface area contributed by atoms with Crippen LogP contribution in [0.4, 0.5) is 0 Å². The van der Waals surface area contributed by atoms with E-state index in [0.717, 1.165) is 33.4 Å². The molecule has 0 saturated heterocycles. The second kappa shape index (κ2) is 11.8. The van der Waals surface area contributed by atoms with E-state index < -0.39 is 0 Å². The molecule has 3 aromatic heterocycles. The van der Waals surface area contributed by atoms with Gasteiger partial charge in [-0.1, -0.05) is 140 Å². The number of hydrogen-bond acceptors (Lipinski definition) is 5. The summed E-state index contributed by atoms with van der Waals surface area (Å²) in [6, 6.07) is 57.9. The lowest BCUT2D eigenvalue weighted by Gasteiger charge is -2.15. The minimum absolute atomic E-state index is 0.649. The van der Waals surface area contributed by atoms with Crippen molar-refractivity contribution in [1.29, 1.82) is 0 Å². The normalized spacial score (nSPS) is 11.6. The summed E-state index contributed by atoms with van der Waals surface area (Å²) in [4.78, 5) is 15.4. The van der Waals surface area contributed by atoms with Crippen molar-refractivity contribution in [2.45, 2.75) is 0 Å². The van der Waals surface area contributed by atoms with Gasteiger partial charge >= 0.3 is 0 Å². The Kier molecular flexibility index (Phi) is 6.86. The third-order valence-corrected chi connectivity index (χ3v) is 11.7. The number of benzene rings is 7. The van der Waals surface area contributed by atoms with Crippen LogP contribution in [-0.4, -0.2) is 15.0 Å². The maximum Gasteiger partial charge on any atom is 0.164 e. The van der Waals surface area contributed by atoms with Crippen LogP contribution in [0.2, 0.25) is 0 Å². The molecule has 0 radical (unpaired) electrons. The van der Waals surface area contributed by atoms with Crippen LogP contribution in [0.5, 0.6) is 0 Å². The summed E-state index contributed by atoms with van der Waals surface area (Å²) in [5.74, 6) is 1.95. The predicted octanol–water partition coefficient (Wildman–Crippen LogP) is 12.9. The average molecular weight is 674 g/mol. The van der Waals surface area contributed by atoms with Crippen LogP contribution in [-0.2, 0) is 0 Å². The zero-order valence-electron chi connectivity index (χ0n) is 26.7. The highest BCUT2D eigenvalue weighted by Crippen LogP contribution is 2.44. The van der Waals surface area contributed by atoms with Crippen molar-refractivity contribution >= 4 is 63.0 Å². The first-order valence-corrected chi connectivity index (χ1v) is 18.2. The zero-order chi connectivity index (χ0) is 33.0. The molecule has 0 bridgehead atoms. The fourth-order valence-corrected chi connectivity index (χ4v) is 9.31. The first-order valence-electron chi connectivity index (χ1n) is 16.6. The summed E-state index contributed by atoms with van der Waals surface area (Å²) in [6.45, 7) is 0. The van der Waals surface area contributed by atoms with Gasteiger partial charge in [0.15, 0.2) is 17.5 Å². The van der Waals surface area contributed by atoms with Crippen LogP contribution < -0.4 is 0 Å². The Morgan fingerprint density at radius 3 is 1.56 bits per heavy atom. The Labute approximate surface area is 296 Å². The van der Waals surface area contributed by atoms with E-state index in [1.165, 1.54) is 45.9 Å². The molecular weight excluding hydrogens is 647 g/mol. The Balaban J connectivity index is 1.24. The lowest BCUT2D eigenvalue weighted by Crippen LogP contribution is -2.01. The lowest BCUT2D eigenvalue weighted by atomic mass is 9.93. The highest BCUT2D eigenvalue weighted by atomic mass is 32.1. The van der Waals surface area contributed by atoms with Crippen molar-refractivity contribution in [3.63, 3.8) is 0 Å². The van der Waals surface area contributed by atoms with Gasteiger partial charge in [0.1, 0.15) is 0 Å². The first-order chi connectivity index (χ1) is 24.8. The number of nitrogens with zero attached hydrogens (tertiary/aromatic N) is 3. The molecule has 0 unspecified atom stereocenters. The third kappa shape index (κ3) is 4.90. The van der Waals surface area contributed by atoms with Crippen molar-refractivity contribution in [3.05, 3.63) is 164 Å². The third-order valence-electron chi connectivity index (χ3n) is 9.37. The fourth-order valence-electron chi connectivity index (χ4n) is 6.94. The van der Waals surface area contributed by atoms with Gasteiger partial charge in [0.25, 0.3) is 0 Å². The van der Waals surface area contributed by atoms with Crippen LogP contribution in [0.3, 0.4) is 0 Å². The van der Waals surface area contributed by atoms with E-state index >= 15 is 0 Å². The standard InChI is InChI=1S/C45H27N3S2/c1-3-12-28(13-4-1)43-46-44(29-14-5-2-6-15-29)48-45(47-43)38-26-30(31-23-25-35-33-16-7-9-20-39(33)49-41(35)27-31)22-24-32(38)36-18-11-19-37-34-17-8-10-21-40(34)50-42(36)37/h1-27H. The van der Waals surface area contributed by atoms with Crippen LogP contribution in [0.1, 0.15) is 0 Å². The van der Waals surface area contributed by atoms with Gasteiger partial charge in [-0.15, -0.1) is 22.7 Å². The molecule has 7 aromatic carbocycles. The molecule has 3 heterocycles. The Morgan fingerprint density at radius 2 is 0.840 bits per heavy atom. The largest absolute Gasteiger partial charge is 0.208 e. The van der Waals surface area contributed by atoms with Gasteiger partial charge < -0.3 is 0 Å². The van der Waals surface area contributed by atoms with Gasteiger partial charge in [0.2, 0.25) is 0 Å². The SMILES string of the molecule is c1ccc(-c2nc(-c3ccccc3)nc(-c3cc(-c4ccc5c(c4)sc4ccccc45)ccc3-c3cccc4c3sc3ccccc34)n2)cc1. The van der Waals surface area contributed by atoms with E-state index in [9.17, 15) is 0 Å². The molecule has 0 atom stereocenters. The molecule has 0 fully saturated rings. The molecule has 234 valence electrons. The maximum atomic E-state index is 5.21. The van der Waals surface area contributed by atoms with Crippen molar-refractivity contribution in [2.24, 2.45) is 0 Å². The average Bonchev–Trinajstić information content (AvgIpc) is 3.76. The molecule has 0 saturated carbocycles. The molecule has 3 nitrogen and oxygen atoms in total. The van der Waals surface area contributed by atoms with Crippen LogP contribution in [0, 0.1) is 0 Å². The van der Waals surface area contributed by atoms with E-state index in [1.807, 2.05) is 59.1 Å². The molecule has 0 aliphatic rings. The molecule has 0 spiro atoms. The summed E-state index contributed by atoms with van der Waals surface area (Å²) in [6.07, 6.45) is 0. The number of aromatic nitrogens is 3. The smallest absolute Gasteiger partial charge is 0.164 e. The summed E-state index contributed by atoms with van der Waals surface area (Å²) < 4.78 is 5.12. The van der Waals surface area contributed by atoms with Crippen molar-refractivity contribution < 1.29 is 0 Å². The van der Waals surface area contributed by atoms with Gasteiger partial charge in [0.05, 0.1) is 0 Å². The van der Waals surface area contributed by atoms with Crippen LogP contribution in [0.15, 0.2) is 164 Å². The minimum atomic E-state index is 0.649. The summed E-state index contributed by atoms with van der Waals surface area (Å²) in [7, 11) is 0. The first kappa shape index (κ1) is 29.0. The number of thiophene rings is 2. The van der Waals surface area contributed by atoms with Gasteiger partial charge in [0, 0.05) is 62.6 Å². The topological polar surface area (TPSA) is 38.7 Å². The van der Waals surface area contributed by atoms with Gasteiger partial charge in [-0.3, -0.25) is 0 Å². The Morgan fingerprint density at radius 1 is 0.300 bits per heavy atom. The van der Waals surface area contributed by atoms with E-state index in [0.29, 0.717) is 17.5 Å². The summed E-state index contributed by atoms with van der Waals surface area (Å²) >= 11 is 3.68. The number of fused-ring (bicyclic) bond motifs is 6. The maximum absolute atomic E-state index is 5.21. The van der Waals surface area contributed by atoms with Crippen LogP contribution in [0.25, 0.3) is 96.8 Å². The lowest BCUT2D eigenvalue weighted by molar-refractivity contribution is 1.07. The molecule has 0 amide bonds. The molecule has 10 rings (SSSR count). The molecule has 10 aromatic rings. The zero-order valence-corrected chi connectivity index (χ0v) is 28.4. The fraction of sp³-hybridized carbons (Fsp3) is 0. The quantitative estimate of drug-likeness (QED) is 0.182. The van der Waals surface area contributed by atoms with E-state index in [-0.39, 0.29) is 0 Å². The van der Waals surface area contributed by atoms with Crippen molar-refractivity contribution in [1.82, 2.24) is 15.0 Å². The van der Waals surface area contributed by atoms with Gasteiger partial charge in [-0.25, -0.2) is 15.0 Å². The number of hydrogen-bond donors (Lipinski definition) is 0. The van der Waals surface area contributed by atoms with Crippen molar-refractivity contribution in [3.8, 4) is 56.4 Å². The van der Waals surface area contributed by atoms with Gasteiger partial charge in [-0.2, -0.15) is 0 Å². The predicted molar refractivity (Wildman–Crippen MR) is 213 cm³/mol. The number of rotatable bonds is 5. The Bertz CT molecular complexity index is 2810. The second-order valence-corrected chi connectivity index (χ2v) is 14.5. The summed E-state index contributed by atoms with van der Waals surface area (Å²) in [5.41, 5.74) is 7.43. The van der Waals surface area contributed by atoms with E-state index in [4.69, 9.17) is 15.0 Å². The highest BCUT2D eigenvalue weighted by Gasteiger charge is 2.20. The monoisotopic (exact) mass is 673 g/mol. The summed E-state index contributed by atoms with van der Waals surface area (Å²) in [5, 5.41) is 5.14. The Hall–Kier alpha value is -6.01. The van der Waals surface area contributed by atoms with Crippen molar-refractivity contribution in [2.75, 3.05) is 0 Å². The molecule has 0 aliphatic carbocycles. The molecule has 5 heteroatoms. The van der Waals surface area contributed by atoms with E-state index in [1.54, 1.807) is 0 Å². The second-order valence-electron chi connectivity index (χ2n) is 12.4. The van der Waals surface area contributed by atoms with Gasteiger partial charge in [-0.05, 0) is 41.0 Å². The molecule has 0 N–H and O–H groups in total. The van der Waals surface area contributed by atoms with Crippen LogP contribution >= 0.6 is 22.7 Å². The minimum Gasteiger partial charge on any atom is -0.208 e.